The number of urea groups is 1. The number of carbonyl (C=O) groups excluding carboxylic acids is 3. The van der Waals surface area contributed by atoms with Crippen LogP contribution in [0.1, 0.15) is 51.9 Å². The van der Waals surface area contributed by atoms with E-state index in [0.29, 0.717) is 6.42 Å². The predicted octanol–water partition coefficient (Wildman–Crippen LogP) is 0.951. The molecule has 0 aromatic heterocycles. The summed E-state index contributed by atoms with van der Waals surface area (Å²) in [4.78, 5) is 52.0. The number of carbonyl (C=O) groups is 4. The molecule has 0 radical (unpaired) electrons. The molecule has 4 atom stereocenters. The van der Waals surface area contributed by atoms with E-state index in [0.717, 1.165) is 43.4 Å². The van der Waals surface area contributed by atoms with Crippen LogP contribution in [0.25, 0.3) is 0 Å². The molecule has 4 rings (SSSR count). The number of carboxylic acids is 1. The Morgan fingerprint density at radius 2 is 1.88 bits per heavy atom. The number of hydrogen-bond donors (Lipinski definition) is 2. The topological polar surface area (TPSA) is 107 Å². The molecule has 2 heterocycles. The molecule has 4 aliphatic rings. The highest BCUT2D eigenvalue weighted by Gasteiger charge is 2.57. The van der Waals surface area contributed by atoms with Crippen LogP contribution >= 0.6 is 0 Å². The lowest BCUT2D eigenvalue weighted by Gasteiger charge is -2.33. The maximum Gasteiger partial charge on any atom is 0.326 e. The highest BCUT2D eigenvalue weighted by molar-refractivity contribution is 6.09. The number of amides is 4. The summed E-state index contributed by atoms with van der Waals surface area (Å²) in [5.41, 5.74) is -0.929. The van der Waals surface area contributed by atoms with Crippen molar-refractivity contribution < 1.29 is 24.3 Å². The van der Waals surface area contributed by atoms with Crippen LogP contribution in [-0.2, 0) is 14.4 Å². The third-order valence-electron chi connectivity index (χ3n) is 6.65. The molecule has 2 aliphatic heterocycles. The van der Waals surface area contributed by atoms with E-state index < -0.39 is 29.5 Å². The summed E-state index contributed by atoms with van der Waals surface area (Å²) in [6.45, 7) is 1.34. The molecule has 26 heavy (non-hydrogen) atoms. The fraction of sp³-hybridized carbons (Fsp3) is 0.778. The monoisotopic (exact) mass is 363 g/mol. The van der Waals surface area contributed by atoms with Gasteiger partial charge in [0.05, 0.1) is 0 Å². The van der Waals surface area contributed by atoms with Gasteiger partial charge in [0, 0.05) is 6.04 Å². The molecule has 2 N–H and O–H groups in total. The number of carboxylic acid groups (broad SMARTS) is 1. The second kappa shape index (κ2) is 5.96. The standard InChI is InChI=1S/C18H25N3O5/c1-18(11-6-7-11)16(25)20(17(26)19-18)9-14(22)21-12-5-3-2-4-10(12)8-13(21)15(23)24/h10-13H,2-9H2,1H3,(H,19,26)(H,23,24)/t10-,12-,13-,18+/m0/s1. The van der Waals surface area contributed by atoms with Crippen LogP contribution in [-0.4, -0.2) is 62.9 Å². The second-order valence-corrected chi connectivity index (χ2v) is 8.30. The fourth-order valence-electron chi connectivity index (χ4n) is 5.05. The van der Waals surface area contributed by atoms with E-state index in [1.807, 2.05) is 0 Å². The van der Waals surface area contributed by atoms with Crippen LogP contribution in [0.2, 0.25) is 0 Å². The van der Waals surface area contributed by atoms with Gasteiger partial charge in [-0.05, 0) is 50.9 Å². The van der Waals surface area contributed by atoms with Crippen molar-refractivity contribution in [3.8, 4) is 0 Å². The number of nitrogens with one attached hydrogen (secondary N) is 1. The van der Waals surface area contributed by atoms with Crippen LogP contribution in [0, 0.1) is 11.8 Å². The van der Waals surface area contributed by atoms with Crippen molar-refractivity contribution in [2.75, 3.05) is 6.54 Å². The number of likely N-dealkylation sites (tertiary alicyclic amines) is 1. The first-order valence-corrected chi connectivity index (χ1v) is 9.51. The number of rotatable bonds is 4. The molecule has 0 bridgehead atoms. The maximum absolute atomic E-state index is 12.9. The lowest BCUT2D eigenvalue weighted by atomic mass is 9.85. The highest BCUT2D eigenvalue weighted by atomic mass is 16.4. The molecule has 142 valence electrons. The van der Waals surface area contributed by atoms with Crippen molar-refractivity contribution in [2.24, 2.45) is 11.8 Å². The Labute approximate surface area is 151 Å². The van der Waals surface area contributed by atoms with Crippen molar-refractivity contribution in [2.45, 2.75) is 69.5 Å². The summed E-state index contributed by atoms with van der Waals surface area (Å²) in [5, 5.41) is 12.3. The van der Waals surface area contributed by atoms with Gasteiger partial charge >= 0.3 is 12.0 Å². The molecule has 0 aromatic rings. The number of imide groups is 1. The molecule has 4 fully saturated rings. The van der Waals surface area contributed by atoms with E-state index in [-0.39, 0.29) is 30.3 Å². The third-order valence-corrected chi connectivity index (χ3v) is 6.65. The quantitative estimate of drug-likeness (QED) is 0.723. The van der Waals surface area contributed by atoms with Crippen molar-refractivity contribution in [3.05, 3.63) is 0 Å². The van der Waals surface area contributed by atoms with Crippen LogP contribution in [0.3, 0.4) is 0 Å². The first kappa shape index (κ1) is 17.3. The van der Waals surface area contributed by atoms with Gasteiger partial charge < -0.3 is 15.3 Å². The van der Waals surface area contributed by atoms with Gasteiger partial charge in [0.25, 0.3) is 5.91 Å². The van der Waals surface area contributed by atoms with Gasteiger partial charge in [-0.3, -0.25) is 14.5 Å². The van der Waals surface area contributed by atoms with Gasteiger partial charge in [0.2, 0.25) is 5.91 Å². The fourth-order valence-corrected chi connectivity index (χ4v) is 5.05. The Balaban J connectivity index is 1.52. The van der Waals surface area contributed by atoms with E-state index in [1.54, 1.807) is 6.92 Å². The molecule has 8 heteroatoms. The number of aliphatic carboxylic acids is 1. The van der Waals surface area contributed by atoms with Crippen LogP contribution in [0.4, 0.5) is 4.79 Å². The minimum atomic E-state index is -1.01. The van der Waals surface area contributed by atoms with Crippen molar-refractivity contribution in [1.82, 2.24) is 15.1 Å². The third kappa shape index (κ3) is 2.57. The van der Waals surface area contributed by atoms with Crippen molar-refractivity contribution in [1.29, 1.82) is 0 Å². The number of fused-ring (bicyclic) bond motifs is 1. The highest BCUT2D eigenvalue weighted by Crippen LogP contribution is 2.43. The van der Waals surface area contributed by atoms with Crippen molar-refractivity contribution >= 4 is 23.8 Å². The van der Waals surface area contributed by atoms with Gasteiger partial charge in [-0.15, -0.1) is 0 Å². The summed E-state index contributed by atoms with van der Waals surface area (Å²) < 4.78 is 0. The molecule has 2 aliphatic carbocycles. The first-order chi connectivity index (χ1) is 12.3. The summed E-state index contributed by atoms with van der Waals surface area (Å²) in [5.74, 6) is -1.48. The van der Waals surface area contributed by atoms with Gasteiger partial charge in [0.1, 0.15) is 18.1 Å². The Morgan fingerprint density at radius 1 is 1.19 bits per heavy atom. The molecule has 2 saturated carbocycles. The summed E-state index contributed by atoms with van der Waals surface area (Å²) in [6, 6.07) is -1.50. The predicted molar refractivity (Wildman–Crippen MR) is 90.0 cm³/mol. The van der Waals surface area contributed by atoms with E-state index in [4.69, 9.17) is 0 Å². The smallest absolute Gasteiger partial charge is 0.326 e. The van der Waals surface area contributed by atoms with Crippen molar-refractivity contribution in [3.63, 3.8) is 0 Å². The molecule has 0 unspecified atom stereocenters. The summed E-state index contributed by atoms with van der Waals surface area (Å²) >= 11 is 0. The Morgan fingerprint density at radius 3 is 2.54 bits per heavy atom. The van der Waals surface area contributed by atoms with Crippen LogP contribution in [0.15, 0.2) is 0 Å². The molecule has 4 amide bonds. The van der Waals surface area contributed by atoms with Gasteiger partial charge in [-0.2, -0.15) is 0 Å². The number of hydrogen-bond acceptors (Lipinski definition) is 4. The molecule has 0 spiro atoms. The Kier molecular flexibility index (Phi) is 3.96. The van der Waals surface area contributed by atoms with Crippen LogP contribution < -0.4 is 5.32 Å². The van der Waals surface area contributed by atoms with Gasteiger partial charge in [0.15, 0.2) is 0 Å². The molecule has 8 nitrogen and oxygen atoms in total. The normalized spacial score (nSPS) is 36.9. The van der Waals surface area contributed by atoms with E-state index in [1.165, 1.54) is 4.90 Å². The first-order valence-electron chi connectivity index (χ1n) is 9.51. The Bertz CT molecular complexity index is 676. The zero-order valence-electron chi connectivity index (χ0n) is 14.9. The van der Waals surface area contributed by atoms with E-state index in [9.17, 15) is 24.3 Å². The lowest BCUT2D eigenvalue weighted by molar-refractivity contribution is -0.150. The van der Waals surface area contributed by atoms with Gasteiger partial charge in [-0.1, -0.05) is 12.8 Å². The molecular formula is C18H25N3O5. The maximum atomic E-state index is 12.9. The van der Waals surface area contributed by atoms with E-state index in [2.05, 4.69) is 5.32 Å². The number of nitrogens with zero attached hydrogens (tertiary/aromatic N) is 2. The zero-order valence-corrected chi connectivity index (χ0v) is 14.9. The average molecular weight is 363 g/mol. The van der Waals surface area contributed by atoms with E-state index >= 15 is 0 Å². The zero-order chi connectivity index (χ0) is 18.6. The molecule has 0 aromatic carbocycles. The summed E-state index contributed by atoms with van der Waals surface area (Å²) in [6.07, 6.45) is 6.00. The second-order valence-electron chi connectivity index (χ2n) is 8.30. The summed E-state index contributed by atoms with van der Waals surface area (Å²) in [7, 11) is 0. The SMILES string of the molecule is C[C@]1(C2CC2)NC(=O)N(CC(=O)N2[C@H](C(=O)O)C[C@@H]3CCCC[C@@H]32)C1=O. The minimum Gasteiger partial charge on any atom is -0.480 e. The molecular weight excluding hydrogens is 338 g/mol. The molecule has 2 saturated heterocycles. The lowest BCUT2D eigenvalue weighted by Crippen LogP contribution is -2.51. The Hall–Kier alpha value is -2.12. The minimum absolute atomic E-state index is 0.0899. The van der Waals surface area contributed by atoms with Gasteiger partial charge in [-0.25, -0.2) is 9.59 Å². The average Bonchev–Trinajstić information content (AvgIpc) is 3.34. The largest absolute Gasteiger partial charge is 0.480 e. The van der Waals surface area contributed by atoms with Crippen LogP contribution in [0.5, 0.6) is 0 Å².